The molecular weight excluding hydrogens is 340 g/mol. The Morgan fingerprint density at radius 3 is 2.50 bits per heavy atom. The van der Waals surface area contributed by atoms with Gasteiger partial charge in [-0.1, -0.05) is 0 Å². The number of hydrogen-bond acceptors (Lipinski definition) is 4. The Bertz CT molecular complexity index is 569. The number of benzene rings is 1. The fourth-order valence-electron chi connectivity index (χ4n) is 1.59. The van der Waals surface area contributed by atoms with Gasteiger partial charge < -0.3 is 10.1 Å². The molecule has 1 heterocycles. The molecule has 2 rings (SSSR count). The molecule has 0 spiro atoms. The molecule has 0 saturated heterocycles. The highest BCUT2D eigenvalue weighted by Crippen LogP contribution is 2.23. The number of ether oxygens (including phenoxy) is 1. The van der Waals surface area contributed by atoms with Gasteiger partial charge in [0.25, 0.3) is 0 Å². The Kier molecular flexibility index (Phi) is 5.43. The molecule has 0 aliphatic carbocycles. The van der Waals surface area contributed by atoms with Crippen LogP contribution in [0.3, 0.4) is 0 Å². The molecule has 4 nitrogen and oxygen atoms in total. The standard InChI is InChI=1S/C14H15BrN2O2S/c1-2-19-14(18)17-11-5-3-10(4-6-11)16-9-12-7-8-13(15)20-12/h3-8,16H,2,9H2,1H3,(H,17,18). The highest BCUT2D eigenvalue weighted by molar-refractivity contribution is 9.11. The fraction of sp³-hybridized carbons (Fsp3) is 0.214. The van der Waals surface area contributed by atoms with Crippen molar-refractivity contribution in [3.8, 4) is 0 Å². The smallest absolute Gasteiger partial charge is 0.411 e. The maximum atomic E-state index is 11.3. The summed E-state index contributed by atoms with van der Waals surface area (Å²) in [5, 5.41) is 5.98. The Morgan fingerprint density at radius 2 is 1.90 bits per heavy atom. The molecule has 1 aromatic heterocycles. The first-order valence-corrected chi connectivity index (χ1v) is 7.80. The number of carbonyl (C=O) groups excluding carboxylic acids is 1. The number of rotatable bonds is 5. The van der Waals surface area contributed by atoms with E-state index < -0.39 is 6.09 Å². The summed E-state index contributed by atoms with van der Waals surface area (Å²) in [6.45, 7) is 2.91. The first-order valence-electron chi connectivity index (χ1n) is 6.19. The molecule has 0 bridgehead atoms. The van der Waals surface area contributed by atoms with Gasteiger partial charge in [0.05, 0.1) is 10.4 Å². The van der Waals surface area contributed by atoms with Crippen LogP contribution in [0.5, 0.6) is 0 Å². The predicted octanol–water partition coefficient (Wildman–Crippen LogP) is 4.69. The van der Waals surface area contributed by atoms with E-state index in [4.69, 9.17) is 4.74 Å². The van der Waals surface area contributed by atoms with E-state index in [1.54, 1.807) is 18.3 Å². The van der Waals surface area contributed by atoms with Crippen LogP contribution in [-0.4, -0.2) is 12.7 Å². The molecule has 2 aromatic rings. The van der Waals surface area contributed by atoms with Crippen LogP contribution >= 0.6 is 27.3 Å². The summed E-state index contributed by atoms with van der Waals surface area (Å²) >= 11 is 5.15. The van der Waals surface area contributed by atoms with Crippen molar-refractivity contribution in [3.05, 3.63) is 45.1 Å². The summed E-state index contributed by atoms with van der Waals surface area (Å²) in [5.74, 6) is 0. The maximum Gasteiger partial charge on any atom is 0.411 e. The number of nitrogens with one attached hydrogen (secondary N) is 2. The van der Waals surface area contributed by atoms with Crippen LogP contribution in [-0.2, 0) is 11.3 Å². The molecule has 0 radical (unpaired) electrons. The zero-order valence-electron chi connectivity index (χ0n) is 11.0. The van der Waals surface area contributed by atoms with Gasteiger partial charge in [-0.2, -0.15) is 0 Å². The second-order valence-corrected chi connectivity index (χ2v) is 6.53. The van der Waals surface area contributed by atoms with Gasteiger partial charge in [-0.05, 0) is 59.3 Å². The van der Waals surface area contributed by atoms with E-state index in [0.29, 0.717) is 12.3 Å². The van der Waals surface area contributed by atoms with Crippen molar-refractivity contribution in [1.29, 1.82) is 0 Å². The van der Waals surface area contributed by atoms with Gasteiger partial charge in [0, 0.05) is 22.8 Å². The quantitative estimate of drug-likeness (QED) is 0.818. The first kappa shape index (κ1) is 14.9. The summed E-state index contributed by atoms with van der Waals surface area (Å²) in [5.41, 5.74) is 1.72. The topological polar surface area (TPSA) is 50.4 Å². The number of anilines is 2. The summed E-state index contributed by atoms with van der Waals surface area (Å²) in [6, 6.07) is 11.6. The van der Waals surface area contributed by atoms with Crippen LogP contribution in [0.25, 0.3) is 0 Å². The van der Waals surface area contributed by atoms with Gasteiger partial charge in [0.15, 0.2) is 0 Å². The van der Waals surface area contributed by atoms with E-state index in [9.17, 15) is 4.79 Å². The number of carbonyl (C=O) groups is 1. The molecule has 20 heavy (non-hydrogen) atoms. The normalized spacial score (nSPS) is 10.1. The molecule has 6 heteroatoms. The minimum absolute atomic E-state index is 0.363. The van der Waals surface area contributed by atoms with Crippen LogP contribution < -0.4 is 10.6 Å². The summed E-state index contributed by atoms with van der Waals surface area (Å²) in [6.07, 6.45) is -0.434. The number of halogens is 1. The second-order valence-electron chi connectivity index (χ2n) is 3.98. The van der Waals surface area contributed by atoms with E-state index in [1.165, 1.54) is 4.88 Å². The highest BCUT2D eigenvalue weighted by Gasteiger charge is 2.02. The monoisotopic (exact) mass is 354 g/mol. The molecule has 2 N–H and O–H groups in total. The molecule has 0 saturated carbocycles. The van der Waals surface area contributed by atoms with Gasteiger partial charge >= 0.3 is 6.09 Å². The van der Waals surface area contributed by atoms with Crippen LogP contribution in [0, 0.1) is 0 Å². The van der Waals surface area contributed by atoms with Crippen molar-refractivity contribution in [2.75, 3.05) is 17.2 Å². The lowest BCUT2D eigenvalue weighted by molar-refractivity contribution is 0.168. The molecule has 0 aliphatic rings. The van der Waals surface area contributed by atoms with Gasteiger partial charge in [-0.25, -0.2) is 4.79 Å². The van der Waals surface area contributed by atoms with Gasteiger partial charge in [0.1, 0.15) is 0 Å². The molecule has 106 valence electrons. The van der Waals surface area contributed by atoms with Crippen molar-refractivity contribution in [1.82, 2.24) is 0 Å². The van der Waals surface area contributed by atoms with Crippen LogP contribution in [0.15, 0.2) is 40.2 Å². The third-order valence-electron chi connectivity index (χ3n) is 2.50. The molecule has 1 aromatic carbocycles. The lowest BCUT2D eigenvalue weighted by atomic mass is 10.3. The van der Waals surface area contributed by atoms with Crippen molar-refractivity contribution < 1.29 is 9.53 Å². The molecule has 0 unspecified atom stereocenters. The number of amides is 1. The minimum Gasteiger partial charge on any atom is -0.450 e. The Labute approximate surface area is 130 Å². The van der Waals surface area contributed by atoms with Crippen molar-refractivity contribution in [2.24, 2.45) is 0 Å². The molecule has 0 fully saturated rings. The Morgan fingerprint density at radius 1 is 1.20 bits per heavy atom. The van der Waals surface area contributed by atoms with Crippen LogP contribution in [0.1, 0.15) is 11.8 Å². The molecule has 1 amide bonds. The van der Waals surface area contributed by atoms with Crippen LogP contribution in [0.4, 0.5) is 16.2 Å². The summed E-state index contributed by atoms with van der Waals surface area (Å²) < 4.78 is 5.94. The Hall–Kier alpha value is -1.53. The molecule has 0 atom stereocenters. The van der Waals surface area contributed by atoms with Crippen molar-refractivity contribution in [2.45, 2.75) is 13.5 Å². The van der Waals surface area contributed by atoms with Crippen LogP contribution in [0.2, 0.25) is 0 Å². The Balaban J connectivity index is 1.86. The number of hydrogen-bond donors (Lipinski definition) is 2. The van der Waals surface area contributed by atoms with E-state index in [2.05, 4.69) is 32.6 Å². The summed E-state index contributed by atoms with van der Waals surface area (Å²) in [4.78, 5) is 12.5. The zero-order chi connectivity index (χ0) is 14.4. The van der Waals surface area contributed by atoms with Crippen molar-refractivity contribution >= 4 is 44.7 Å². The van der Waals surface area contributed by atoms with E-state index >= 15 is 0 Å². The lowest BCUT2D eigenvalue weighted by Gasteiger charge is -2.08. The fourth-order valence-corrected chi connectivity index (χ4v) is 3.02. The maximum absolute atomic E-state index is 11.3. The van der Waals surface area contributed by atoms with Gasteiger partial charge in [-0.3, -0.25) is 5.32 Å². The number of thiophene rings is 1. The average molecular weight is 355 g/mol. The average Bonchev–Trinajstić information content (AvgIpc) is 2.84. The van der Waals surface area contributed by atoms with E-state index in [0.717, 1.165) is 16.0 Å². The largest absolute Gasteiger partial charge is 0.450 e. The zero-order valence-corrected chi connectivity index (χ0v) is 13.4. The summed E-state index contributed by atoms with van der Waals surface area (Å²) in [7, 11) is 0. The minimum atomic E-state index is -0.434. The SMILES string of the molecule is CCOC(=O)Nc1ccc(NCc2ccc(Br)s2)cc1. The molecular formula is C14H15BrN2O2S. The van der Waals surface area contributed by atoms with Crippen molar-refractivity contribution in [3.63, 3.8) is 0 Å². The lowest BCUT2D eigenvalue weighted by Crippen LogP contribution is -2.13. The first-order chi connectivity index (χ1) is 9.67. The van der Waals surface area contributed by atoms with E-state index in [-0.39, 0.29) is 0 Å². The third kappa shape index (κ3) is 4.54. The van der Waals surface area contributed by atoms with Gasteiger partial charge in [0.2, 0.25) is 0 Å². The third-order valence-corrected chi connectivity index (χ3v) is 4.13. The molecule has 0 aliphatic heterocycles. The second kappa shape index (κ2) is 7.31. The highest BCUT2D eigenvalue weighted by atomic mass is 79.9. The van der Waals surface area contributed by atoms with Gasteiger partial charge in [-0.15, -0.1) is 11.3 Å². The van der Waals surface area contributed by atoms with E-state index in [1.807, 2.05) is 30.3 Å². The predicted molar refractivity (Wildman–Crippen MR) is 86.4 cm³/mol.